The summed E-state index contributed by atoms with van der Waals surface area (Å²) in [5.41, 5.74) is 0. The first kappa shape index (κ1) is 16.2. The quantitative estimate of drug-likeness (QED) is 0.286. The molecule has 0 saturated heterocycles. The summed E-state index contributed by atoms with van der Waals surface area (Å²) in [6.07, 6.45) is 0. The zero-order valence-corrected chi connectivity index (χ0v) is 4.37. The number of hydrogen-bond acceptors (Lipinski definition) is 2. The Balaban J connectivity index is -0.00000000333. The van der Waals surface area contributed by atoms with Gasteiger partial charge in [-0.1, -0.05) is 0 Å². The molecular weight excluding hydrogens is 101 g/mol. The third kappa shape index (κ3) is 33.8. The van der Waals surface area contributed by atoms with E-state index < -0.39 is 14.8 Å². The maximum absolute atomic E-state index is 8.41. The summed E-state index contributed by atoms with van der Waals surface area (Å²) in [5.74, 6) is 0. The van der Waals surface area contributed by atoms with Crippen LogP contribution < -0.4 is 37.7 Å². The molecule has 0 aliphatic carbocycles. The third-order valence-electron chi connectivity index (χ3n) is 0. The summed E-state index contributed by atoms with van der Waals surface area (Å²) in [6, 6.07) is 0. The molecule has 0 aromatic carbocycles. The third-order valence-corrected chi connectivity index (χ3v) is 0. The van der Waals surface area contributed by atoms with Gasteiger partial charge in [0.2, 0.25) is 0 Å². The van der Waals surface area contributed by atoms with Crippen molar-refractivity contribution in [3.8, 4) is 0 Å². The molecule has 0 aliphatic heterocycles. The second-order valence-corrected chi connectivity index (χ2v) is 0.260. The molecule has 23 valence electrons. The van der Waals surface area contributed by atoms with Gasteiger partial charge in [-0.15, -0.1) is 0 Å². The molecule has 0 fully saturated rings. The van der Waals surface area contributed by atoms with Crippen LogP contribution in [0.3, 0.4) is 0 Å². The molecule has 0 spiro atoms. The van der Waals surface area contributed by atoms with Crippen LogP contribution in [0.2, 0.25) is 0 Å². The SMILES string of the molecule is [H-].[H-].[Li+].[Li+].[O]=[Mn]=[O]. The molecule has 5 heavy (non-hydrogen) atoms. The average molecular weight is 103 g/mol. The second-order valence-electron chi connectivity index (χ2n) is 0.0630. The van der Waals surface area contributed by atoms with E-state index in [9.17, 15) is 0 Å². The van der Waals surface area contributed by atoms with Gasteiger partial charge in [-0.25, -0.2) is 0 Å². The first-order valence-electron chi connectivity index (χ1n) is 0.309. The monoisotopic (exact) mass is 103 g/mol. The van der Waals surface area contributed by atoms with Gasteiger partial charge in [0, 0.05) is 0 Å². The van der Waals surface area contributed by atoms with Gasteiger partial charge in [0.15, 0.2) is 0 Å². The maximum atomic E-state index is 8.41. The molecule has 0 saturated carbocycles. The van der Waals surface area contributed by atoms with Gasteiger partial charge in [-0.2, -0.15) is 0 Å². The molecule has 0 radical (unpaired) electrons. The standard InChI is InChI=1S/2Li.Mn.2O.2H/q2*+1;;;;2*-1. The van der Waals surface area contributed by atoms with Crippen LogP contribution in [0.25, 0.3) is 0 Å². The van der Waals surface area contributed by atoms with Crippen molar-refractivity contribution in [1.82, 2.24) is 0 Å². The molecule has 0 aliphatic rings. The Hall–Kier alpha value is 1.31. The van der Waals surface area contributed by atoms with Gasteiger partial charge in [0.25, 0.3) is 0 Å². The summed E-state index contributed by atoms with van der Waals surface area (Å²) in [4.78, 5) is 0. The minimum atomic E-state index is -1.44. The summed E-state index contributed by atoms with van der Waals surface area (Å²) >= 11 is -1.44. The summed E-state index contributed by atoms with van der Waals surface area (Å²) in [5, 5.41) is 0. The van der Waals surface area contributed by atoms with Crippen molar-refractivity contribution in [2.75, 3.05) is 0 Å². The molecule has 0 bridgehead atoms. The Bertz CT molecular complexity index is 34.7. The molecule has 0 unspecified atom stereocenters. The van der Waals surface area contributed by atoms with Crippen molar-refractivity contribution in [3.05, 3.63) is 0 Å². The molecular formula is H2Li2MnO2. The van der Waals surface area contributed by atoms with Gasteiger partial charge in [0.1, 0.15) is 0 Å². The molecule has 5 heteroatoms. The van der Waals surface area contributed by atoms with E-state index in [1.807, 2.05) is 0 Å². The van der Waals surface area contributed by atoms with Crippen molar-refractivity contribution >= 4 is 0 Å². The normalized spacial score (nSPS) is 2.40. The van der Waals surface area contributed by atoms with Crippen LogP contribution in [-0.4, -0.2) is 0 Å². The Morgan fingerprint density at radius 3 is 1.20 bits per heavy atom. The van der Waals surface area contributed by atoms with E-state index in [1.54, 1.807) is 0 Å². The molecule has 0 aromatic heterocycles. The Kier molecular flexibility index (Phi) is 60.0. The fraction of sp³-hybridized carbons (Fsp3) is 0. The van der Waals surface area contributed by atoms with Crippen LogP contribution in [-0.2, 0) is 22.5 Å². The summed E-state index contributed by atoms with van der Waals surface area (Å²) in [6.45, 7) is 0. The number of rotatable bonds is 0. The Morgan fingerprint density at radius 1 is 1.20 bits per heavy atom. The van der Waals surface area contributed by atoms with Gasteiger partial charge in [0.05, 0.1) is 0 Å². The van der Waals surface area contributed by atoms with E-state index in [2.05, 4.69) is 0 Å². The van der Waals surface area contributed by atoms with Crippen LogP contribution in [0.15, 0.2) is 0 Å². The van der Waals surface area contributed by atoms with E-state index in [4.69, 9.17) is 7.67 Å². The molecule has 0 atom stereocenters. The van der Waals surface area contributed by atoms with E-state index in [0.29, 0.717) is 0 Å². The van der Waals surface area contributed by atoms with Crippen molar-refractivity contribution in [2.45, 2.75) is 0 Å². The zero-order valence-electron chi connectivity index (χ0n) is 5.19. The summed E-state index contributed by atoms with van der Waals surface area (Å²) in [7, 11) is 0. The van der Waals surface area contributed by atoms with Crippen molar-refractivity contribution in [1.29, 1.82) is 0 Å². The van der Waals surface area contributed by atoms with Gasteiger partial charge < -0.3 is 2.85 Å². The van der Waals surface area contributed by atoms with Crippen LogP contribution in [0.5, 0.6) is 0 Å². The first-order valence-corrected chi connectivity index (χ1v) is 1.27. The van der Waals surface area contributed by atoms with Crippen LogP contribution >= 0.6 is 0 Å². The fourth-order valence-corrected chi connectivity index (χ4v) is 0. The van der Waals surface area contributed by atoms with Gasteiger partial charge in [-0.3, -0.25) is 0 Å². The zero-order chi connectivity index (χ0) is 2.71. The van der Waals surface area contributed by atoms with Crippen molar-refractivity contribution in [3.63, 3.8) is 0 Å². The Labute approximate surface area is 63.0 Å². The average Bonchev–Trinajstić information content (AvgIpc) is 0.918. The predicted octanol–water partition coefficient (Wildman–Crippen LogP) is -6.01. The molecule has 0 aromatic rings. The molecule has 0 heterocycles. The number of hydrogen-bond donors (Lipinski definition) is 0. The topological polar surface area (TPSA) is 34.1 Å². The first-order chi connectivity index (χ1) is 1.41. The van der Waals surface area contributed by atoms with E-state index >= 15 is 0 Å². The van der Waals surface area contributed by atoms with E-state index in [-0.39, 0.29) is 40.6 Å². The summed E-state index contributed by atoms with van der Waals surface area (Å²) < 4.78 is 16.8. The van der Waals surface area contributed by atoms with E-state index in [1.165, 1.54) is 0 Å². The van der Waals surface area contributed by atoms with E-state index in [0.717, 1.165) is 0 Å². The molecule has 0 rings (SSSR count). The van der Waals surface area contributed by atoms with Gasteiger partial charge in [-0.05, 0) is 0 Å². The minimum absolute atomic E-state index is 0. The van der Waals surface area contributed by atoms with Crippen LogP contribution in [0.1, 0.15) is 2.85 Å². The Morgan fingerprint density at radius 2 is 1.20 bits per heavy atom. The molecule has 2 nitrogen and oxygen atoms in total. The van der Waals surface area contributed by atoms with Crippen LogP contribution in [0.4, 0.5) is 0 Å². The van der Waals surface area contributed by atoms with Crippen LogP contribution in [0, 0.1) is 0 Å². The van der Waals surface area contributed by atoms with Crippen molar-refractivity contribution in [2.24, 2.45) is 0 Å². The fourth-order valence-electron chi connectivity index (χ4n) is 0. The second kappa shape index (κ2) is 18.5. The predicted molar refractivity (Wildman–Crippen MR) is 3.60 cm³/mol. The van der Waals surface area contributed by atoms with Gasteiger partial charge >= 0.3 is 60.2 Å². The molecule has 0 amide bonds. The molecule has 0 N–H and O–H groups in total. The van der Waals surface area contributed by atoms with Crippen molar-refractivity contribution < 1.29 is 63.1 Å².